The van der Waals surface area contributed by atoms with Gasteiger partial charge in [0.25, 0.3) is 0 Å². The first kappa shape index (κ1) is 18.5. The first-order valence-corrected chi connectivity index (χ1v) is 5.76. The molecule has 106 valence electrons. The van der Waals surface area contributed by atoms with Crippen LogP contribution < -0.4 is 0 Å². The van der Waals surface area contributed by atoms with Gasteiger partial charge in [-0.15, -0.1) is 0 Å². The molecule has 1 heterocycles. The van der Waals surface area contributed by atoms with Gasteiger partial charge in [0.05, 0.1) is 16.7 Å². The second-order valence-corrected chi connectivity index (χ2v) is 3.82. The fraction of sp³-hybridized carbons (Fsp3) is 0.308. The largest absolute Gasteiger partial charge is 0.478 e. The molecule has 0 atom stereocenters. The van der Waals surface area contributed by atoms with Crippen LogP contribution in [0.1, 0.15) is 50.8 Å². The summed E-state index contributed by atoms with van der Waals surface area (Å²) in [4.78, 5) is 32.5. The first-order chi connectivity index (χ1) is 9.01. The molecule has 0 bridgehead atoms. The van der Waals surface area contributed by atoms with E-state index in [1.807, 2.05) is 0 Å². The van der Waals surface area contributed by atoms with Crippen molar-refractivity contribution in [1.29, 1.82) is 0 Å². The molecular weight excluding hydrogens is 300 g/mol. The van der Waals surface area contributed by atoms with Crippen molar-refractivity contribution >= 4 is 17.9 Å². The molecule has 7 heteroatoms. The Morgan fingerprint density at radius 3 is 2.25 bits per heavy atom. The van der Waals surface area contributed by atoms with E-state index in [0.717, 1.165) is 18.9 Å². The van der Waals surface area contributed by atoms with E-state index < -0.39 is 17.9 Å². The molecule has 1 aliphatic heterocycles. The molecule has 2 N–H and O–H groups in total. The summed E-state index contributed by atoms with van der Waals surface area (Å²) in [6.07, 6.45) is 2.04. The molecule has 2 rings (SSSR count). The topological polar surface area (TPSA) is 101 Å². The van der Waals surface area contributed by atoms with Crippen molar-refractivity contribution in [3.05, 3.63) is 34.9 Å². The Morgan fingerprint density at radius 2 is 1.80 bits per heavy atom. The van der Waals surface area contributed by atoms with Gasteiger partial charge in [-0.2, -0.15) is 0 Å². The minimum Gasteiger partial charge on any atom is -0.478 e. The summed E-state index contributed by atoms with van der Waals surface area (Å²) < 4.78 is 4.30. The normalized spacial score (nSPS) is 11.7. The Bertz CT molecular complexity index is 510. The maximum absolute atomic E-state index is 11.0. The summed E-state index contributed by atoms with van der Waals surface area (Å²) in [5, 5.41) is 16.7. The van der Waals surface area contributed by atoms with Crippen LogP contribution in [0.3, 0.4) is 0 Å². The van der Waals surface area contributed by atoms with Gasteiger partial charge >= 0.3 is 17.9 Å². The Balaban J connectivity index is 0.000000526. The second-order valence-electron chi connectivity index (χ2n) is 3.82. The minimum absolute atomic E-state index is 0. The zero-order chi connectivity index (χ0) is 14.4. The van der Waals surface area contributed by atoms with Crippen LogP contribution >= 0.6 is 0 Å². The molecule has 1 aromatic carbocycles. The van der Waals surface area contributed by atoms with Crippen LogP contribution in [0.4, 0.5) is 0 Å². The van der Waals surface area contributed by atoms with Crippen LogP contribution in [0.15, 0.2) is 18.2 Å². The quantitative estimate of drug-likeness (QED) is 0.498. The Labute approximate surface area is 130 Å². The van der Waals surface area contributed by atoms with Gasteiger partial charge in [-0.05, 0) is 24.6 Å². The van der Waals surface area contributed by atoms with Gasteiger partial charge in [0.2, 0.25) is 0 Å². The number of carboxylic acids is 1. The maximum Gasteiger partial charge on any atom is 0.346 e. The fourth-order valence-electron chi connectivity index (χ4n) is 1.38. The van der Waals surface area contributed by atoms with E-state index in [4.69, 9.17) is 10.2 Å². The summed E-state index contributed by atoms with van der Waals surface area (Å²) in [6.45, 7) is 2.40. The van der Waals surface area contributed by atoms with Crippen LogP contribution in [-0.2, 0) is 26.5 Å². The Hall–Kier alpha value is -1.50. The van der Waals surface area contributed by atoms with Crippen molar-refractivity contribution in [2.45, 2.75) is 19.8 Å². The van der Waals surface area contributed by atoms with Crippen LogP contribution in [0, 0.1) is 0 Å². The zero-order valence-electron chi connectivity index (χ0n) is 10.9. The number of aromatic carboxylic acids is 1. The molecular formula is C13H14O6Ti. The molecule has 0 amide bonds. The molecule has 0 fully saturated rings. The molecule has 20 heavy (non-hydrogen) atoms. The van der Waals surface area contributed by atoms with Gasteiger partial charge in [0, 0.05) is 28.3 Å². The third-order valence-corrected chi connectivity index (χ3v) is 2.40. The van der Waals surface area contributed by atoms with Crippen LogP contribution in [-0.4, -0.2) is 34.7 Å². The molecule has 6 nitrogen and oxygen atoms in total. The number of benzene rings is 1. The smallest absolute Gasteiger partial charge is 0.346 e. The second kappa shape index (κ2) is 8.63. The Morgan fingerprint density at radius 1 is 1.20 bits per heavy atom. The number of ether oxygens (including phenoxy) is 1. The van der Waals surface area contributed by atoms with E-state index in [2.05, 4.69) is 11.7 Å². The molecule has 0 saturated carbocycles. The van der Waals surface area contributed by atoms with Gasteiger partial charge < -0.3 is 14.9 Å². The number of cyclic esters (lactones) is 2. The molecule has 0 saturated heterocycles. The number of fused-ring (bicyclic) bond motifs is 1. The predicted octanol–water partition coefficient (Wildman–Crippen LogP) is 1.47. The van der Waals surface area contributed by atoms with Crippen LogP contribution in [0.25, 0.3) is 0 Å². The number of esters is 2. The first-order valence-electron chi connectivity index (χ1n) is 5.76. The van der Waals surface area contributed by atoms with Crippen molar-refractivity contribution in [2.75, 3.05) is 6.61 Å². The van der Waals surface area contributed by atoms with E-state index >= 15 is 0 Å². The summed E-state index contributed by atoms with van der Waals surface area (Å²) in [5.74, 6) is -2.69. The summed E-state index contributed by atoms with van der Waals surface area (Å²) >= 11 is 0. The van der Waals surface area contributed by atoms with Crippen molar-refractivity contribution in [2.24, 2.45) is 0 Å². The summed E-state index contributed by atoms with van der Waals surface area (Å²) in [6, 6.07) is 3.65. The monoisotopic (exact) mass is 314 g/mol. The maximum atomic E-state index is 11.0. The average Bonchev–Trinajstić information content (AvgIpc) is 2.66. The molecule has 0 aliphatic carbocycles. The van der Waals surface area contributed by atoms with E-state index in [1.165, 1.54) is 12.1 Å². The average molecular weight is 314 g/mol. The number of unbranched alkanes of at least 4 members (excludes halogenated alkanes) is 1. The number of carbonyl (C=O) groups excluding carboxylic acids is 2. The summed E-state index contributed by atoms with van der Waals surface area (Å²) in [7, 11) is 0. The van der Waals surface area contributed by atoms with E-state index in [-0.39, 0.29) is 38.4 Å². The Kier molecular flexibility index (Phi) is 7.99. The summed E-state index contributed by atoms with van der Waals surface area (Å²) in [5.41, 5.74) is 0.0744. The number of carboxylic acid groups (broad SMARTS) is 1. The van der Waals surface area contributed by atoms with Crippen molar-refractivity contribution < 1.29 is 51.1 Å². The standard InChI is InChI=1S/C9H4O5.C4H10O.Ti/c10-7(11)4-1-2-5-6(3-4)9(13)14-8(5)12;1-2-3-4-5;/h1-3H,(H,10,11);5H,2-4H2,1H3;. The third-order valence-electron chi connectivity index (χ3n) is 2.40. The van der Waals surface area contributed by atoms with Crippen LogP contribution in [0.2, 0.25) is 0 Å². The number of hydrogen-bond acceptors (Lipinski definition) is 5. The number of aliphatic hydroxyl groups excluding tert-OH is 1. The van der Waals surface area contributed by atoms with Crippen molar-refractivity contribution in [3.8, 4) is 0 Å². The van der Waals surface area contributed by atoms with E-state index in [9.17, 15) is 14.4 Å². The zero-order valence-corrected chi connectivity index (χ0v) is 12.4. The van der Waals surface area contributed by atoms with Gasteiger partial charge in [0.1, 0.15) is 0 Å². The molecule has 1 aromatic rings. The molecule has 0 aromatic heterocycles. The van der Waals surface area contributed by atoms with Crippen LogP contribution in [0.5, 0.6) is 0 Å². The van der Waals surface area contributed by atoms with E-state index in [0.29, 0.717) is 6.61 Å². The van der Waals surface area contributed by atoms with Crippen molar-refractivity contribution in [1.82, 2.24) is 0 Å². The molecule has 1 aliphatic rings. The SMILES string of the molecule is CCCCO.O=C(O)c1ccc2c(c1)C(=O)OC2=O.[Ti]. The minimum atomic E-state index is -1.15. The van der Waals surface area contributed by atoms with Gasteiger partial charge in [-0.25, -0.2) is 14.4 Å². The number of aliphatic hydroxyl groups is 1. The number of carbonyl (C=O) groups is 3. The predicted molar refractivity (Wildman–Crippen MR) is 65.1 cm³/mol. The van der Waals surface area contributed by atoms with Gasteiger partial charge in [-0.3, -0.25) is 0 Å². The van der Waals surface area contributed by atoms with E-state index in [1.54, 1.807) is 0 Å². The number of hydrogen-bond donors (Lipinski definition) is 2. The van der Waals surface area contributed by atoms with Gasteiger partial charge in [0.15, 0.2) is 0 Å². The third kappa shape index (κ3) is 4.56. The van der Waals surface area contributed by atoms with Gasteiger partial charge in [-0.1, -0.05) is 13.3 Å². The van der Waals surface area contributed by atoms with Crippen molar-refractivity contribution in [3.63, 3.8) is 0 Å². The molecule has 0 spiro atoms. The fourth-order valence-corrected chi connectivity index (χ4v) is 1.38. The molecule has 0 unspecified atom stereocenters. The molecule has 0 radical (unpaired) electrons. The number of rotatable bonds is 3.